The molecular formula is C15H19NO3. The second-order valence-corrected chi connectivity index (χ2v) is 5.80. The molecule has 0 aliphatic heterocycles. The summed E-state index contributed by atoms with van der Waals surface area (Å²) in [5.41, 5.74) is 3.03. The first-order chi connectivity index (χ1) is 8.89. The molecule has 0 fully saturated rings. The third-order valence-corrected chi connectivity index (χ3v) is 3.01. The van der Waals surface area contributed by atoms with Crippen LogP contribution in [0.3, 0.4) is 0 Å². The highest BCUT2D eigenvalue weighted by Gasteiger charge is 2.20. The Morgan fingerprint density at radius 2 is 2.05 bits per heavy atom. The Kier molecular flexibility index (Phi) is 3.60. The largest absolute Gasteiger partial charge is 0.444 e. The number of carbonyl (C=O) groups excluding carboxylic acids is 2. The smallest absolute Gasteiger partial charge is 0.412 e. The van der Waals surface area contributed by atoms with E-state index in [9.17, 15) is 9.59 Å². The fourth-order valence-corrected chi connectivity index (χ4v) is 2.32. The number of carbonyl (C=O) groups is 2. The molecule has 4 heteroatoms. The standard InChI is InChI=1S/C15H19NO3/c1-15(2,3)19-14(18)16-13-8-10(9-17)7-11-5-4-6-12(11)13/h7-9H,4-6H2,1-3H3,(H,16,18). The molecule has 0 unspecified atom stereocenters. The Morgan fingerprint density at radius 1 is 1.32 bits per heavy atom. The van der Waals surface area contributed by atoms with Crippen LogP contribution in [-0.4, -0.2) is 18.0 Å². The number of rotatable bonds is 2. The lowest BCUT2D eigenvalue weighted by molar-refractivity contribution is 0.0635. The van der Waals surface area contributed by atoms with Crippen molar-refractivity contribution < 1.29 is 14.3 Å². The van der Waals surface area contributed by atoms with Gasteiger partial charge < -0.3 is 4.74 Å². The van der Waals surface area contributed by atoms with Crippen molar-refractivity contribution >= 4 is 18.1 Å². The molecule has 0 saturated heterocycles. The lowest BCUT2D eigenvalue weighted by Crippen LogP contribution is -2.27. The van der Waals surface area contributed by atoms with Crippen LogP contribution in [-0.2, 0) is 17.6 Å². The third kappa shape index (κ3) is 3.34. The number of aryl methyl sites for hydroxylation is 1. The summed E-state index contributed by atoms with van der Waals surface area (Å²) >= 11 is 0. The van der Waals surface area contributed by atoms with Gasteiger partial charge in [0.15, 0.2) is 0 Å². The van der Waals surface area contributed by atoms with E-state index >= 15 is 0 Å². The van der Waals surface area contributed by atoms with E-state index in [0.29, 0.717) is 11.3 Å². The van der Waals surface area contributed by atoms with Gasteiger partial charge in [0.25, 0.3) is 0 Å². The monoisotopic (exact) mass is 261 g/mol. The number of hydrogen-bond acceptors (Lipinski definition) is 3. The summed E-state index contributed by atoms with van der Waals surface area (Å²) in [5.74, 6) is 0. The molecule has 1 aliphatic carbocycles. The first kappa shape index (κ1) is 13.6. The van der Waals surface area contributed by atoms with Crippen molar-refractivity contribution in [2.45, 2.75) is 45.6 Å². The highest BCUT2D eigenvalue weighted by Crippen LogP contribution is 2.30. The van der Waals surface area contributed by atoms with Gasteiger partial charge in [0.1, 0.15) is 11.9 Å². The van der Waals surface area contributed by atoms with Gasteiger partial charge >= 0.3 is 6.09 Å². The van der Waals surface area contributed by atoms with Gasteiger partial charge in [-0.15, -0.1) is 0 Å². The van der Waals surface area contributed by atoms with Gasteiger partial charge in [0, 0.05) is 11.3 Å². The topological polar surface area (TPSA) is 55.4 Å². The molecule has 0 saturated carbocycles. The molecule has 102 valence electrons. The molecule has 0 radical (unpaired) electrons. The Morgan fingerprint density at radius 3 is 2.68 bits per heavy atom. The maximum atomic E-state index is 11.8. The van der Waals surface area contributed by atoms with Gasteiger partial charge in [0.2, 0.25) is 0 Å². The van der Waals surface area contributed by atoms with Crippen LogP contribution in [0.1, 0.15) is 48.7 Å². The maximum Gasteiger partial charge on any atom is 0.412 e. The molecule has 0 aromatic heterocycles. The van der Waals surface area contributed by atoms with Crippen molar-refractivity contribution in [3.05, 3.63) is 28.8 Å². The van der Waals surface area contributed by atoms with Crippen molar-refractivity contribution in [3.8, 4) is 0 Å². The van der Waals surface area contributed by atoms with E-state index in [1.807, 2.05) is 26.8 Å². The van der Waals surface area contributed by atoms with Gasteiger partial charge in [-0.1, -0.05) is 0 Å². The second kappa shape index (κ2) is 5.03. The molecule has 0 spiro atoms. The van der Waals surface area contributed by atoms with E-state index in [1.165, 1.54) is 0 Å². The SMILES string of the molecule is CC(C)(C)OC(=O)Nc1cc(C=O)cc2c1CCC2. The quantitative estimate of drug-likeness (QED) is 0.831. The predicted molar refractivity (Wildman–Crippen MR) is 73.7 cm³/mol. The van der Waals surface area contributed by atoms with E-state index in [1.54, 1.807) is 6.07 Å². The fraction of sp³-hybridized carbons (Fsp3) is 0.467. The van der Waals surface area contributed by atoms with Crippen LogP contribution in [0.2, 0.25) is 0 Å². The van der Waals surface area contributed by atoms with E-state index in [-0.39, 0.29) is 0 Å². The number of hydrogen-bond donors (Lipinski definition) is 1. The van der Waals surface area contributed by atoms with Gasteiger partial charge in [-0.25, -0.2) is 4.79 Å². The van der Waals surface area contributed by atoms with E-state index < -0.39 is 11.7 Å². The Labute approximate surface area is 113 Å². The minimum absolute atomic E-state index is 0.482. The average molecular weight is 261 g/mol. The van der Waals surface area contributed by atoms with E-state index in [4.69, 9.17) is 4.74 Å². The molecule has 1 aliphatic rings. The summed E-state index contributed by atoms with van der Waals surface area (Å²) in [6.07, 6.45) is 3.27. The van der Waals surface area contributed by atoms with Crippen LogP contribution >= 0.6 is 0 Å². The lowest BCUT2D eigenvalue weighted by atomic mass is 10.0. The van der Waals surface area contributed by atoms with E-state index in [2.05, 4.69) is 5.32 Å². The number of anilines is 1. The number of fused-ring (bicyclic) bond motifs is 1. The molecule has 1 N–H and O–H groups in total. The molecule has 1 amide bonds. The zero-order chi connectivity index (χ0) is 14.0. The van der Waals surface area contributed by atoms with Crippen LogP contribution in [0.15, 0.2) is 12.1 Å². The molecule has 0 bridgehead atoms. The van der Waals surface area contributed by atoms with E-state index in [0.717, 1.165) is 36.7 Å². The van der Waals surface area contributed by atoms with Gasteiger partial charge in [-0.3, -0.25) is 10.1 Å². The summed E-state index contributed by atoms with van der Waals surface area (Å²) < 4.78 is 5.24. The van der Waals surface area contributed by atoms with Crippen LogP contribution in [0.4, 0.5) is 10.5 Å². The summed E-state index contributed by atoms with van der Waals surface area (Å²) in [5, 5.41) is 2.75. The van der Waals surface area contributed by atoms with Gasteiger partial charge in [-0.2, -0.15) is 0 Å². The predicted octanol–water partition coefficient (Wildman–Crippen LogP) is 3.33. The normalized spacial score (nSPS) is 13.8. The van der Waals surface area contributed by atoms with Crippen molar-refractivity contribution in [2.75, 3.05) is 5.32 Å². The Balaban J connectivity index is 2.23. The van der Waals surface area contributed by atoms with Gasteiger partial charge in [0.05, 0.1) is 0 Å². The average Bonchev–Trinajstić information content (AvgIpc) is 2.74. The number of benzene rings is 1. The zero-order valence-electron chi connectivity index (χ0n) is 11.6. The highest BCUT2D eigenvalue weighted by molar-refractivity contribution is 5.89. The summed E-state index contributed by atoms with van der Waals surface area (Å²) in [6.45, 7) is 5.45. The molecule has 1 aromatic rings. The summed E-state index contributed by atoms with van der Waals surface area (Å²) in [6, 6.07) is 3.61. The van der Waals surface area contributed by atoms with Crippen molar-refractivity contribution in [3.63, 3.8) is 0 Å². The Bertz CT molecular complexity index is 515. The summed E-state index contributed by atoms with van der Waals surface area (Å²) in [4.78, 5) is 22.7. The molecule has 0 heterocycles. The van der Waals surface area contributed by atoms with Crippen molar-refractivity contribution in [2.24, 2.45) is 0 Å². The van der Waals surface area contributed by atoms with Gasteiger partial charge in [-0.05, 0) is 63.3 Å². The molecule has 2 rings (SSSR count). The van der Waals surface area contributed by atoms with Crippen LogP contribution in [0.25, 0.3) is 0 Å². The van der Waals surface area contributed by atoms with Crippen LogP contribution in [0, 0.1) is 0 Å². The third-order valence-electron chi connectivity index (χ3n) is 3.01. The maximum absolute atomic E-state index is 11.8. The molecule has 1 aromatic carbocycles. The number of aldehydes is 1. The van der Waals surface area contributed by atoms with Crippen LogP contribution < -0.4 is 5.32 Å². The highest BCUT2D eigenvalue weighted by atomic mass is 16.6. The minimum atomic E-state index is -0.532. The minimum Gasteiger partial charge on any atom is -0.444 e. The summed E-state index contributed by atoms with van der Waals surface area (Å²) in [7, 11) is 0. The first-order valence-corrected chi connectivity index (χ1v) is 6.50. The number of nitrogens with one attached hydrogen (secondary N) is 1. The molecular weight excluding hydrogens is 242 g/mol. The molecule has 0 atom stereocenters. The van der Waals surface area contributed by atoms with Crippen molar-refractivity contribution in [1.29, 1.82) is 0 Å². The molecule has 4 nitrogen and oxygen atoms in total. The number of ether oxygens (including phenoxy) is 1. The fourth-order valence-electron chi connectivity index (χ4n) is 2.32. The van der Waals surface area contributed by atoms with Crippen LogP contribution in [0.5, 0.6) is 0 Å². The van der Waals surface area contributed by atoms with Crippen molar-refractivity contribution in [1.82, 2.24) is 0 Å². The zero-order valence-corrected chi connectivity index (χ0v) is 11.6. The second-order valence-electron chi connectivity index (χ2n) is 5.80. The number of amides is 1. The Hall–Kier alpha value is -1.84. The lowest BCUT2D eigenvalue weighted by Gasteiger charge is -2.20. The molecule has 19 heavy (non-hydrogen) atoms. The first-order valence-electron chi connectivity index (χ1n) is 6.50.